The number of carbonyl (C=O) groups is 2. The lowest BCUT2D eigenvalue weighted by Crippen LogP contribution is -2.36. The van der Waals surface area contributed by atoms with Gasteiger partial charge in [0.05, 0.1) is 40.6 Å². The third-order valence-corrected chi connectivity index (χ3v) is 7.09. The number of ether oxygens (including phenoxy) is 5. The minimum atomic E-state index is -0.591. The topological polar surface area (TPSA) is 92.3 Å². The van der Waals surface area contributed by atoms with Crippen LogP contribution in [0.15, 0.2) is 58.9 Å². The fourth-order valence-corrected chi connectivity index (χ4v) is 5.29. The first kappa shape index (κ1) is 27.1. The minimum absolute atomic E-state index is 0.0253. The zero-order chi connectivity index (χ0) is 27.4. The normalized spacial score (nSPS) is 18.9. The Kier molecular flexibility index (Phi) is 8.29. The standard InChI is InChI=1S/C30H35NO7/c1-7-12-38-24-11-9-19(16-26(24)36-5)28-27(30(33)37-6)17(2)31-21-13-20(14-22(32)29(21)28)18-8-10-23(34-3)25(15-18)35-4/h8-11,15-16,20,28,31H,7,12-14H2,1-6H3/t20-,28-/m0/s1. The molecule has 0 saturated heterocycles. The summed E-state index contributed by atoms with van der Waals surface area (Å²) in [5.74, 6) is 1.27. The molecule has 8 nitrogen and oxygen atoms in total. The van der Waals surface area contributed by atoms with Gasteiger partial charge in [-0.05, 0) is 61.1 Å². The fourth-order valence-electron chi connectivity index (χ4n) is 5.29. The van der Waals surface area contributed by atoms with Crippen LogP contribution in [0.2, 0.25) is 0 Å². The summed E-state index contributed by atoms with van der Waals surface area (Å²) in [6, 6.07) is 11.3. The van der Waals surface area contributed by atoms with Gasteiger partial charge in [0.1, 0.15) is 0 Å². The molecule has 2 aliphatic rings. The van der Waals surface area contributed by atoms with Gasteiger partial charge in [-0.25, -0.2) is 4.79 Å². The van der Waals surface area contributed by atoms with E-state index in [1.807, 2.05) is 50.2 Å². The van der Waals surface area contributed by atoms with Gasteiger partial charge in [-0.2, -0.15) is 0 Å². The summed E-state index contributed by atoms with van der Waals surface area (Å²) in [5, 5.41) is 3.36. The van der Waals surface area contributed by atoms with Gasteiger partial charge in [-0.3, -0.25) is 4.79 Å². The summed E-state index contributed by atoms with van der Waals surface area (Å²) in [5.41, 5.74) is 4.20. The average molecular weight is 522 g/mol. The van der Waals surface area contributed by atoms with Crippen molar-refractivity contribution in [2.24, 2.45) is 0 Å². The molecule has 38 heavy (non-hydrogen) atoms. The Bertz CT molecular complexity index is 1290. The molecule has 1 heterocycles. The molecule has 2 atom stereocenters. The van der Waals surface area contributed by atoms with Crippen LogP contribution < -0.4 is 24.3 Å². The smallest absolute Gasteiger partial charge is 0.336 e. The number of allylic oxidation sites excluding steroid dienone is 3. The number of carbonyl (C=O) groups excluding carboxylic acids is 2. The van der Waals surface area contributed by atoms with E-state index < -0.39 is 11.9 Å². The van der Waals surface area contributed by atoms with Crippen LogP contribution in [-0.4, -0.2) is 46.8 Å². The second-order valence-electron chi connectivity index (χ2n) is 9.38. The van der Waals surface area contributed by atoms with Crippen LogP contribution in [0.1, 0.15) is 56.1 Å². The Morgan fingerprint density at radius 3 is 2.18 bits per heavy atom. The Hall–Kier alpha value is -3.94. The van der Waals surface area contributed by atoms with Crippen LogP contribution in [0.3, 0.4) is 0 Å². The molecule has 2 aromatic rings. The molecule has 0 saturated carbocycles. The molecule has 1 aliphatic heterocycles. The van der Waals surface area contributed by atoms with Crippen LogP contribution in [0, 0.1) is 0 Å². The number of hydrogen-bond donors (Lipinski definition) is 1. The Morgan fingerprint density at radius 2 is 1.53 bits per heavy atom. The number of methoxy groups -OCH3 is 4. The predicted molar refractivity (Wildman–Crippen MR) is 143 cm³/mol. The van der Waals surface area contributed by atoms with E-state index in [1.54, 1.807) is 21.3 Å². The summed E-state index contributed by atoms with van der Waals surface area (Å²) in [6.07, 6.45) is 1.77. The number of rotatable bonds is 9. The van der Waals surface area contributed by atoms with Crippen molar-refractivity contribution in [3.05, 3.63) is 70.1 Å². The SMILES string of the molecule is CCCOc1ccc([C@H]2C(C(=O)OC)=C(C)NC3=C2C(=O)C[C@@H](c2ccc(OC)c(OC)c2)C3)cc1OC. The second kappa shape index (κ2) is 11.6. The zero-order valence-electron chi connectivity index (χ0n) is 22.8. The largest absolute Gasteiger partial charge is 0.493 e. The molecular weight excluding hydrogens is 486 g/mol. The van der Waals surface area contributed by atoms with Gasteiger partial charge in [0.2, 0.25) is 0 Å². The lowest BCUT2D eigenvalue weighted by Gasteiger charge is -2.36. The van der Waals surface area contributed by atoms with Crippen molar-refractivity contribution in [3.8, 4) is 23.0 Å². The van der Waals surface area contributed by atoms with Gasteiger partial charge in [0.15, 0.2) is 28.8 Å². The molecule has 0 unspecified atom stereocenters. The highest BCUT2D eigenvalue weighted by Crippen LogP contribution is 2.47. The van der Waals surface area contributed by atoms with Gasteiger partial charge in [-0.15, -0.1) is 0 Å². The number of benzene rings is 2. The molecule has 0 aromatic heterocycles. The number of dihydropyridines is 1. The molecule has 0 bridgehead atoms. The molecule has 1 aliphatic carbocycles. The van der Waals surface area contributed by atoms with Crippen LogP contribution in [0.4, 0.5) is 0 Å². The Morgan fingerprint density at radius 1 is 0.895 bits per heavy atom. The van der Waals surface area contributed by atoms with Gasteiger partial charge < -0.3 is 29.0 Å². The molecule has 0 fully saturated rings. The van der Waals surface area contributed by atoms with Crippen LogP contribution in [0.5, 0.6) is 23.0 Å². The Balaban J connectivity index is 1.78. The monoisotopic (exact) mass is 521 g/mol. The highest BCUT2D eigenvalue weighted by Gasteiger charge is 2.41. The molecule has 8 heteroatoms. The number of hydrogen-bond acceptors (Lipinski definition) is 8. The number of esters is 1. The van der Waals surface area contributed by atoms with Crippen molar-refractivity contribution in [3.63, 3.8) is 0 Å². The van der Waals surface area contributed by atoms with E-state index in [0.717, 1.165) is 23.2 Å². The maximum atomic E-state index is 13.8. The van der Waals surface area contributed by atoms with E-state index in [9.17, 15) is 9.59 Å². The minimum Gasteiger partial charge on any atom is -0.493 e. The van der Waals surface area contributed by atoms with Gasteiger partial charge in [0, 0.05) is 29.3 Å². The van der Waals surface area contributed by atoms with Gasteiger partial charge >= 0.3 is 5.97 Å². The van der Waals surface area contributed by atoms with E-state index >= 15 is 0 Å². The van der Waals surface area contributed by atoms with Crippen molar-refractivity contribution in [2.45, 2.75) is 44.9 Å². The molecule has 2 aromatic carbocycles. The third kappa shape index (κ3) is 5.08. The van der Waals surface area contributed by atoms with E-state index in [0.29, 0.717) is 59.3 Å². The lowest BCUT2D eigenvalue weighted by molar-refractivity contribution is -0.136. The predicted octanol–water partition coefficient (Wildman–Crippen LogP) is 5.04. The second-order valence-corrected chi connectivity index (χ2v) is 9.38. The van der Waals surface area contributed by atoms with Crippen molar-refractivity contribution in [1.29, 1.82) is 0 Å². The number of Topliss-reactive ketones (excluding diaryl/α,β-unsaturated/α-hetero) is 1. The number of nitrogens with one attached hydrogen (secondary N) is 1. The highest BCUT2D eigenvalue weighted by molar-refractivity contribution is 6.04. The maximum Gasteiger partial charge on any atom is 0.336 e. The van der Waals surface area contributed by atoms with Gasteiger partial charge in [0.25, 0.3) is 0 Å². The zero-order valence-corrected chi connectivity index (χ0v) is 22.8. The molecule has 0 radical (unpaired) electrons. The maximum absolute atomic E-state index is 13.8. The molecule has 202 valence electrons. The summed E-state index contributed by atoms with van der Waals surface area (Å²) in [7, 11) is 6.11. The van der Waals surface area contributed by atoms with Crippen molar-refractivity contribution < 1.29 is 33.3 Å². The van der Waals surface area contributed by atoms with Gasteiger partial charge in [-0.1, -0.05) is 19.1 Å². The van der Waals surface area contributed by atoms with E-state index in [-0.39, 0.29) is 11.7 Å². The van der Waals surface area contributed by atoms with E-state index in [4.69, 9.17) is 23.7 Å². The fraction of sp³-hybridized carbons (Fsp3) is 0.400. The molecule has 1 N–H and O–H groups in total. The Labute approximate surface area is 223 Å². The van der Waals surface area contributed by atoms with E-state index in [1.165, 1.54) is 7.11 Å². The first-order chi connectivity index (χ1) is 18.4. The molecule has 0 spiro atoms. The average Bonchev–Trinajstić information content (AvgIpc) is 2.94. The van der Waals surface area contributed by atoms with Crippen LogP contribution in [0.25, 0.3) is 0 Å². The summed E-state index contributed by atoms with van der Waals surface area (Å²) in [4.78, 5) is 26.8. The molecule has 4 rings (SSSR count). The summed E-state index contributed by atoms with van der Waals surface area (Å²) >= 11 is 0. The summed E-state index contributed by atoms with van der Waals surface area (Å²) in [6.45, 7) is 4.42. The lowest BCUT2D eigenvalue weighted by atomic mass is 9.71. The molecule has 0 amide bonds. The van der Waals surface area contributed by atoms with Crippen molar-refractivity contribution >= 4 is 11.8 Å². The quantitative estimate of drug-likeness (QED) is 0.459. The van der Waals surface area contributed by atoms with Crippen LogP contribution >= 0.6 is 0 Å². The first-order valence-electron chi connectivity index (χ1n) is 12.7. The third-order valence-electron chi connectivity index (χ3n) is 7.09. The first-order valence-corrected chi connectivity index (χ1v) is 12.7. The van der Waals surface area contributed by atoms with E-state index in [2.05, 4.69) is 5.32 Å². The number of ketones is 1. The molecular formula is C30H35NO7. The van der Waals surface area contributed by atoms with Crippen LogP contribution in [-0.2, 0) is 14.3 Å². The van der Waals surface area contributed by atoms with Crippen molar-refractivity contribution in [2.75, 3.05) is 35.0 Å². The van der Waals surface area contributed by atoms with Crippen molar-refractivity contribution in [1.82, 2.24) is 5.32 Å². The summed E-state index contributed by atoms with van der Waals surface area (Å²) < 4.78 is 27.4. The highest BCUT2D eigenvalue weighted by atomic mass is 16.5.